The lowest BCUT2D eigenvalue weighted by Gasteiger charge is -2.14. The first-order valence-electron chi connectivity index (χ1n) is 7.06. The Kier molecular flexibility index (Phi) is 3.71. The van der Waals surface area contributed by atoms with Crippen molar-refractivity contribution in [1.29, 1.82) is 0 Å². The number of benzene rings is 1. The number of halogens is 1. The van der Waals surface area contributed by atoms with Crippen LogP contribution in [0.25, 0.3) is 5.65 Å². The van der Waals surface area contributed by atoms with Crippen LogP contribution >= 0.6 is 0 Å². The van der Waals surface area contributed by atoms with Crippen LogP contribution in [0.1, 0.15) is 29.9 Å². The highest BCUT2D eigenvalue weighted by molar-refractivity contribution is 5.42. The molecule has 4 heteroatoms. The summed E-state index contributed by atoms with van der Waals surface area (Å²) in [7, 11) is 0. The Balaban J connectivity index is 1.79. The highest BCUT2D eigenvalue weighted by Crippen LogP contribution is 2.16. The molecule has 0 radical (unpaired) electrons. The van der Waals surface area contributed by atoms with Crippen LogP contribution in [0.4, 0.5) is 4.39 Å². The van der Waals surface area contributed by atoms with Gasteiger partial charge in [-0.15, -0.1) is 0 Å². The minimum atomic E-state index is -0.202. The quantitative estimate of drug-likeness (QED) is 0.792. The molecule has 0 saturated heterocycles. The molecule has 0 bridgehead atoms. The zero-order chi connectivity index (χ0) is 14.8. The number of rotatable bonds is 4. The number of pyridine rings is 1. The van der Waals surface area contributed by atoms with Crippen molar-refractivity contribution in [3.05, 3.63) is 71.4 Å². The number of aromatic nitrogens is 2. The lowest BCUT2D eigenvalue weighted by molar-refractivity contribution is 0.556. The summed E-state index contributed by atoms with van der Waals surface area (Å²) < 4.78 is 15.4. The van der Waals surface area contributed by atoms with Gasteiger partial charge in [-0.2, -0.15) is 0 Å². The van der Waals surface area contributed by atoms with Crippen LogP contribution < -0.4 is 5.32 Å². The third kappa shape index (κ3) is 2.81. The van der Waals surface area contributed by atoms with E-state index in [1.165, 1.54) is 6.07 Å². The highest BCUT2D eigenvalue weighted by atomic mass is 19.1. The maximum absolute atomic E-state index is 13.3. The Labute approximate surface area is 123 Å². The van der Waals surface area contributed by atoms with Crippen LogP contribution in [-0.4, -0.2) is 9.38 Å². The number of nitrogens with one attached hydrogen (secondary N) is 1. The van der Waals surface area contributed by atoms with Gasteiger partial charge >= 0.3 is 0 Å². The summed E-state index contributed by atoms with van der Waals surface area (Å²) in [6.07, 6.45) is 2.01. The molecule has 1 aromatic carbocycles. The summed E-state index contributed by atoms with van der Waals surface area (Å²) in [4.78, 5) is 4.54. The van der Waals surface area contributed by atoms with Gasteiger partial charge in [0.2, 0.25) is 0 Å². The summed E-state index contributed by atoms with van der Waals surface area (Å²) in [5.41, 5.74) is 4.04. The van der Waals surface area contributed by atoms with E-state index in [1.807, 2.05) is 44.3 Å². The first kappa shape index (κ1) is 13.8. The van der Waals surface area contributed by atoms with Crippen LogP contribution in [0.2, 0.25) is 0 Å². The second-order valence-corrected chi connectivity index (χ2v) is 5.23. The van der Waals surface area contributed by atoms with Gasteiger partial charge in [0.15, 0.2) is 0 Å². The molecule has 1 unspecified atom stereocenters. The second-order valence-electron chi connectivity index (χ2n) is 5.23. The van der Waals surface area contributed by atoms with Crippen molar-refractivity contribution in [2.45, 2.75) is 26.4 Å². The predicted molar refractivity (Wildman–Crippen MR) is 81.6 cm³/mol. The fourth-order valence-corrected chi connectivity index (χ4v) is 2.52. The van der Waals surface area contributed by atoms with E-state index in [9.17, 15) is 4.39 Å². The molecule has 2 heterocycles. The van der Waals surface area contributed by atoms with E-state index in [1.54, 1.807) is 12.1 Å². The molecule has 0 fully saturated rings. The lowest BCUT2D eigenvalue weighted by atomic mass is 10.1. The Morgan fingerprint density at radius 3 is 2.90 bits per heavy atom. The maximum Gasteiger partial charge on any atom is 0.137 e. The summed E-state index contributed by atoms with van der Waals surface area (Å²) >= 11 is 0. The van der Waals surface area contributed by atoms with E-state index >= 15 is 0 Å². The van der Waals surface area contributed by atoms with Crippen molar-refractivity contribution >= 4 is 5.65 Å². The molecule has 1 atom stereocenters. The number of fused-ring (bicyclic) bond motifs is 1. The van der Waals surface area contributed by atoms with Crippen LogP contribution in [0.5, 0.6) is 0 Å². The molecule has 3 aromatic rings. The van der Waals surface area contributed by atoms with Gasteiger partial charge in [0.1, 0.15) is 11.5 Å². The summed E-state index contributed by atoms with van der Waals surface area (Å²) in [6.45, 7) is 4.74. The molecule has 0 saturated carbocycles. The van der Waals surface area contributed by atoms with Crippen molar-refractivity contribution in [3.8, 4) is 0 Å². The monoisotopic (exact) mass is 283 g/mol. The molecular formula is C17H18FN3. The van der Waals surface area contributed by atoms with E-state index in [2.05, 4.69) is 14.7 Å². The van der Waals surface area contributed by atoms with Crippen molar-refractivity contribution in [2.75, 3.05) is 0 Å². The Morgan fingerprint density at radius 1 is 1.24 bits per heavy atom. The summed E-state index contributed by atoms with van der Waals surface area (Å²) in [6, 6.07) is 12.7. The van der Waals surface area contributed by atoms with Crippen molar-refractivity contribution < 1.29 is 4.39 Å². The fraction of sp³-hybridized carbons (Fsp3) is 0.235. The van der Waals surface area contributed by atoms with Gasteiger partial charge in [-0.1, -0.05) is 18.2 Å². The molecule has 0 aliphatic carbocycles. The van der Waals surface area contributed by atoms with E-state index in [4.69, 9.17) is 0 Å². The van der Waals surface area contributed by atoms with Gasteiger partial charge in [0, 0.05) is 18.8 Å². The van der Waals surface area contributed by atoms with Gasteiger partial charge in [-0.25, -0.2) is 9.37 Å². The molecule has 2 aromatic heterocycles. The van der Waals surface area contributed by atoms with Crippen molar-refractivity contribution in [3.63, 3.8) is 0 Å². The first-order valence-corrected chi connectivity index (χ1v) is 7.06. The number of imidazole rings is 1. The Bertz CT molecular complexity index is 764. The third-order valence-corrected chi connectivity index (χ3v) is 3.75. The van der Waals surface area contributed by atoms with E-state index in [0.717, 1.165) is 22.6 Å². The van der Waals surface area contributed by atoms with Gasteiger partial charge in [0.05, 0.1) is 11.4 Å². The van der Waals surface area contributed by atoms with E-state index < -0.39 is 0 Å². The third-order valence-electron chi connectivity index (χ3n) is 3.75. The van der Waals surface area contributed by atoms with Gasteiger partial charge in [-0.3, -0.25) is 0 Å². The number of hydrogen-bond donors (Lipinski definition) is 1. The van der Waals surface area contributed by atoms with Crippen molar-refractivity contribution in [2.24, 2.45) is 0 Å². The largest absolute Gasteiger partial charge is 0.305 e. The molecule has 0 spiro atoms. The molecule has 3 nitrogen and oxygen atoms in total. The SMILES string of the molecule is Cc1nc2ccccn2c1CNC(C)c1cccc(F)c1. The van der Waals surface area contributed by atoms with Gasteiger partial charge < -0.3 is 9.72 Å². The summed E-state index contributed by atoms with van der Waals surface area (Å²) in [5.74, 6) is -0.202. The zero-order valence-electron chi connectivity index (χ0n) is 12.2. The van der Waals surface area contributed by atoms with Gasteiger partial charge in [-0.05, 0) is 43.7 Å². The zero-order valence-corrected chi connectivity index (χ0v) is 12.2. The number of aryl methyl sites for hydroxylation is 1. The number of hydrogen-bond acceptors (Lipinski definition) is 2. The molecular weight excluding hydrogens is 265 g/mol. The van der Waals surface area contributed by atoms with Crippen LogP contribution in [0, 0.1) is 12.7 Å². The molecule has 108 valence electrons. The average molecular weight is 283 g/mol. The first-order chi connectivity index (χ1) is 10.1. The molecule has 0 amide bonds. The molecule has 1 N–H and O–H groups in total. The standard InChI is InChI=1S/C17H18FN3/c1-12(14-6-5-7-15(18)10-14)19-11-16-13(2)20-17-8-3-4-9-21(16)17/h3-10,12,19H,11H2,1-2H3. The predicted octanol–water partition coefficient (Wildman–Crippen LogP) is 3.63. The van der Waals surface area contributed by atoms with Crippen molar-refractivity contribution in [1.82, 2.24) is 14.7 Å². The Hall–Kier alpha value is -2.20. The lowest BCUT2D eigenvalue weighted by Crippen LogP contribution is -2.19. The molecule has 0 aliphatic rings. The second kappa shape index (κ2) is 5.66. The average Bonchev–Trinajstić information content (AvgIpc) is 2.80. The number of nitrogens with zero attached hydrogens (tertiary/aromatic N) is 2. The highest BCUT2D eigenvalue weighted by Gasteiger charge is 2.10. The molecule has 3 rings (SSSR count). The van der Waals surface area contributed by atoms with E-state index in [-0.39, 0.29) is 11.9 Å². The molecule has 0 aliphatic heterocycles. The minimum Gasteiger partial charge on any atom is -0.305 e. The smallest absolute Gasteiger partial charge is 0.137 e. The topological polar surface area (TPSA) is 29.3 Å². The van der Waals surface area contributed by atoms with Crippen LogP contribution in [0.15, 0.2) is 48.7 Å². The normalized spacial score (nSPS) is 12.7. The van der Waals surface area contributed by atoms with Crippen LogP contribution in [-0.2, 0) is 6.54 Å². The fourth-order valence-electron chi connectivity index (χ4n) is 2.52. The van der Waals surface area contributed by atoms with E-state index in [0.29, 0.717) is 6.54 Å². The van der Waals surface area contributed by atoms with Crippen LogP contribution in [0.3, 0.4) is 0 Å². The van der Waals surface area contributed by atoms with Gasteiger partial charge in [0.25, 0.3) is 0 Å². The maximum atomic E-state index is 13.3. The Morgan fingerprint density at radius 2 is 2.10 bits per heavy atom. The minimum absolute atomic E-state index is 0.0781. The summed E-state index contributed by atoms with van der Waals surface area (Å²) in [5, 5.41) is 3.43. The molecule has 21 heavy (non-hydrogen) atoms.